The van der Waals surface area contributed by atoms with Crippen LogP contribution in [-0.2, 0) is 4.79 Å². The summed E-state index contributed by atoms with van der Waals surface area (Å²) in [6.07, 6.45) is 0. The van der Waals surface area contributed by atoms with Gasteiger partial charge in [0.15, 0.2) is 0 Å². The Labute approximate surface area is 147 Å². The second kappa shape index (κ2) is 6.33. The fourth-order valence-electron chi connectivity index (χ4n) is 2.62. The average molecular weight is 355 g/mol. The van der Waals surface area contributed by atoms with Gasteiger partial charge in [-0.15, -0.1) is 11.8 Å². The molecule has 7 heteroatoms. The van der Waals surface area contributed by atoms with Crippen LogP contribution in [-0.4, -0.2) is 22.6 Å². The van der Waals surface area contributed by atoms with Crippen molar-refractivity contribution in [3.05, 3.63) is 59.7 Å². The van der Waals surface area contributed by atoms with E-state index >= 15 is 0 Å². The molecule has 2 aromatic rings. The van der Waals surface area contributed by atoms with E-state index in [1.54, 1.807) is 0 Å². The van der Waals surface area contributed by atoms with Gasteiger partial charge in [0.2, 0.25) is 5.91 Å². The molecule has 0 radical (unpaired) electrons. The first-order chi connectivity index (χ1) is 11.7. The van der Waals surface area contributed by atoms with Crippen molar-refractivity contribution >= 4 is 46.1 Å². The normalized spacial score (nSPS) is 19.3. The van der Waals surface area contributed by atoms with E-state index in [1.165, 1.54) is 23.5 Å². The minimum absolute atomic E-state index is 0.00994. The minimum Gasteiger partial charge on any atom is -0.325 e. The third-order valence-corrected chi connectivity index (χ3v) is 5.80. The van der Waals surface area contributed by atoms with Crippen molar-refractivity contribution in [3.63, 3.8) is 0 Å². The monoisotopic (exact) mass is 355 g/mol. The number of thioether (sulfide) groups is 2. The third-order valence-electron chi connectivity index (χ3n) is 3.78. The van der Waals surface area contributed by atoms with Crippen molar-refractivity contribution < 1.29 is 9.59 Å². The van der Waals surface area contributed by atoms with Crippen LogP contribution in [0.4, 0.5) is 10.5 Å². The number of hydrogen-bond donors (Lipinski definition) is 2. The number of rotatable bonds is 3. The van der Waals surface area contributed by atoms with E-state index in [0.29, 0.717) is 5.75 Å². The van der Waals surface area contributed by atoms with E-state index in [1.807, 2.05) is 48.5 Å². The number of nitrogens with zero attached hydrogens (tertiary/aromatic N) is 1. The highest BCUT2D eigenvalue weighted by molar-refractivity contribution is 8.14. The Balaban J connectivity index is 1.65. The van der Waals surface area contributed by atoms with Crippen molar-refractivity contribution in [1.82, 2.24) is 5.43 Å². The van der Waals surface area contributed by atoms with Crippen molar-refractivity contribution in [2.45, 2.75) is 10.1 Å². The standard InChI is InChI=1S/C17H13N3O2S2/c21-16-15(24-11-4-2-1-3-5-11)12-8-10(6-7-13(12)18-16)14-9-23-17(22)20-19-14/h1-8,15H,9H2,(H,18,21)(H,20,22). The van der Waals surface area contributed by atoms with Crippen LogP contribution in [0.3, 0.4) is 0 Å². The van der Waals surface area contributed by atoms with Crippen LogP contribution < -0.4 is 10.7 Å². The Morgan fingerprint density at radius 2 is 1.96 bits per heavy atom. The number of hydrogen-bond acceptors (Lipinski definition) is 5. The summed E-state index contributed by atoms with van der Waals surface area (Å²) in [5, 5.41) is 6.62. The number of carbonyl (C=O) groups is 2. The van der Waals surface area contributed by atoms with Gasteiger partial charge in [-0.25, -0.2) is 5.43 Å². The summed E-state index contributed by atoms with van der Waals surface area (Å²) < 4.78 is 0. The summed E-state index contributed by atoms with van der Waals surface area (Å²) in [6, 6.07) is 15.7. The smallest absolute Gasteiger partial charge is 0.299 e. The molecule has 2 aliphatic heterocycles. The number of amides is 2. The number of nitrogens with one attached hydrogen (secondary N) is 2. The van der Waals surface area contributed by atoms with Gasteiger partial charge in [0, 0.05) is 16.3 Å². The maximum atomic E-state index is 12.3. The summed E-state index contributed by atoms with van der Waals surface area (Å²) in [4.78, 5) is 24.6. The van der Waals surface area contributed by atoms with E-state index in [-0.39, 0.29) is 16.4 Å². The SMILES string of the molecule is O=C1NN=C(c2ccc3c(c2)C(Sc2ccccc2)C(=O)N3)CS1. The predicted molar refractivity (Wildman–Crippen MR) is 97.6 cm³/mol. The largest absolute Gasteiger partial charge is 0.325 e. The molecule has 2 amide bonds. The van der Waals surface area contributed by atoms with Crippen LogP contribution in [0.2, 0.25) is 0 Å². The Morgan fingerprint density at radius 3 is 2.71 bits per heavy atom. The lowest BCUT2D eigenvalue weighted by Gasteiger charge is -2.13. The molecular weight excluding hydrogens is 342 g/mol. The van der Waals surface area contributed by atoms with Crippen LogP contribution in [0.5, 0.6) is 0 Å². The Hall–Kier alpha value is -2.25. The van der Waals surface area contributed by atoms with Crippen LogP contribution in [0.25, 0.3) is 0 Å². The Morgan fingerprint density at radius 1 is 1.12 bits per heavy atom. The molecule has 120 valence electrons. The zero-order chi connectivity index (χ0) is 16.5. The summed E-state index contributed by atoms with van der Waals surface area (Å²) >= 11 is 2.72. The molecule has 5 nitrogen and oxygen atoms in total. The van der Waals surface area contributed by atoms with Gasteiger partial charge in [0.25, 0.3) is 5.24 Å². The van der Waals surface area contributed by atoms with Gasteiger partial charge in [-0.2, -0.15) is 5.10 Å². The van der Waals surface area contributed by atoms with Gasteiger partial charge in [-0.1, -0.05) is 36.0 Å². The minimum atomic E-state index is -0.284. The summed E-state index contributed by atoms with van der Waals surface area (Å²) in [5.74, 6) is 0.520. The molecule has 1 unspecified atom stereocenters. The van der Waals surface area contributed by atoms with E-state index in [2.05, 4.69) is 15.8 Å². The maximum absolute atomic E-state index is 12.3. The van der Waals surface area contributed by atoms with Gasteiger partial charge >= 0.3 is 0 Å². The molecule has 4 rings (SSSR count). The zero-order valence-electron chi connectivity index (χ0n) is 12.5. The Bertz CT molecular complexity index is 852. The van der Waals surface area contributed by atoms with Crippen molar-refractivity contribution in [3.8, 4) is 0 Å². The number of anilines is 1. The highest BCUT2D eigenvalue weighted by Crippen LogP contribution is 2.43. The number of fused-ring (bicyclic) bond motifs is 1. The third kappa shape index (κ3) is 2.92. The van der Waals surface area contributed by atoms with E-state index < -0.39 is 0 Å². The van der Waals surface area contributed by atoms with E-state index in [9.17, 15) is 9.59 Å². The molecule has 0 aromatic heterocycles. The Kier molecular flexibility index (Phi) is 4.03. The first kappa shape index (κ1) is 15.3. The second-order valence-electron chi connectivity index (χ2n) is 5.35. The fourth-order valence-corrected chi connectivity index (χ4v) is 4.31. The average Bonchev–Trinajstić information content (AvgIpc) is 2.91. The molecule has 2 aliphatic rings. The van der Waals surface area contributed by atoms with Crippen LogP contribution in [0.15, 0.2) is 58.5 Å². The quantitative estimate of drug-likeness (QED) is 0.882. The predicted octanol–water partition coefficient (Wildman–Crippen LogP) is 3.63. The molecule has 2 N–H and O–H groups in total. The highest BCUT2D eigenvalue weighted by atomic mass is 32.2. The first-order valence-corrected chi connectivity index (χ1v) is 9.23. The number of hydrazone groups is 1. The lowest BCUT2D eigenvalue weighted by molar-refractivity contribution is -0.115. The van der Waals surface area contributed by atoms with Gasteiger partial charge in [0.1, 0.15) is 5.25 Å². The van der Waals surface area contributed by atoms with Gasteiger partial charge in [0.05, 0.1) is 5.71 Å². The molecule has 2 aromatic carbocycles. The highest BCUT2D eigenvalue weighted by Gasteiger charge is 2.32. The molecular formula is C17H13N3O2S2. The lowest BCUT2D eigenvalue weighted by Crippen LogP contribution is -2.23. The number of carbonyl (C=O) groups excluding carboxylic acids is 2. The van der Waals surface area contributed by atoms with Gasteiger partial charge in [-0.05, 0) is 35.4 Å². The molecule has 0 bridgehead atoms. The molecule has 0 spiro atoms. The van der Waals surface area contributed by atoms with Crippen LogP contribution >= 0.6 is 23.5 Å². The van der Waals surface area contributed by atoms with E-state index in [4.69, 9.17) is 0 Å². The van der Waals surface area contributed by atoms with Crippen LogP contribution in [0.1, 0.15) is 16.4 Å². The summed E-state index contributed by atoms with van der Waals surface area (Å²) in [7, 11) is 0. The molecule has 0 aliphatic carbocycles. The lowest BCUT2D eigenvalue weighted by atomic mass is 10.1. The topological polar surface area (TPSA) is 70.6 Å². The van der Waals surface area contributed by atoms with Gasteiger partial charge in [-0.3, -0.25) is 9.59 Å². The molecule has 0 saturated carbocycles. The molecule has 0 saturated heterocycles. The van der Waals surface area contributed by atoms with Crippen molar-refractivity contribution in [1.29, 1.82) is 0 Å². The van der Waals surface area contributed by atoms with Gasteiger partial charge < -0.3 is 5.32 Å². The van der Waals surface area contributed by atoms with Crippen molar-refractivity contribution in [2.75, 3.05) is 11.1 Å². The summed E-state index contributed by atoms with van der Waals surface area (Å²) in [6.45, 7) is 0. The fraction of sp³-hybridized carbons (Fsp3) is 0.118. The van der Waals surface area contributed by atoms with E-state index in [0.717, 1.165) is 27.4 Å². The first-order valence-electron chi connectivity index (χ1n) is 7.37. The van der Waals surface area contributed by atoms with Crippen molar-refractivity contribution in [2.24, 2.45) is 5.10 Å². The second-order valence-corrected chi connectivity index (χ2v) is 7.48. The zero-order valence-corrected chi connectivity index (χ0v) is 14.1. The molecule has 24 heavy (non-hydrogen) atoms. The van der Waals surface area contributed by atoms with Crippen LogP contribution in [0, 0.1) is 0 Å². The maximum Gasteiger partial charge on any atom is 0.299 e. The summed E-state index contributed by atoms with van der Waals surface area (Å²) in [5.41, 5.74) is 6.01. The molecule has 1 atom stereocenters. The molecule has 2 heterocycles. The molecule has 0 fully saturated rings. The number of benzene rings is 2.